The average Bonchev–Trinajstić information content (AvgIpc) is 2.61. The summed E-state index contributed by atoms with van der Waals surface area (Å²) >= 11 is 1.34. The quantitative estimate of drug-likeness (QED) is 0.531. The van der Waals surface area contributed by atoms with Crippen LogP contribution in [0.5, 0.6) is 0 Å². The van der Waals surface area contributed by atoms with Gasteiger partial charge in [-0.25, -0.2) is 4.79 Å². The molecule has 1 aromatic heterocycles. The van der Waals surface area contributed by atoms with Gasteiger partial charge in [-0.1, -0.05) is 0 Å². The highest BCUT2D eigenvalue weighted by Crippen LogP contribution is 2.14. The van der Waals surface area contributed by atoms with Gasteiger partial charge in [-0.05, 0) is 23.1 Å². The van der Waals surface area contributed by atoms with E-state index in [4.69, 9.17) is 5.26 Å². The Morgan fingerprint density at radius 2 is 2.54 bits per heavy atom. The Morgan fingerprint density at radius 1 is 1.77 bits per heavy atom. The van der Waals surface area contributed by atoms with Crippen LogP contribution in [0.4, 0.5) is 0 Å². The smallest absolute Gasteiger partial charge is 0.330 e. The third-order valence-corrected chi connectivity index (χ3v) is 2.20. The molecule has 1 aromatic rings. The minimum absolute atomic E-state index is 0.398. The second-order valence-corrected chi connectivity index (χ2v) is 3.12. The number of carbonyl (C=O) groups excluding carboxylic acids is 1. The molecule has 0 fully saturated rings. The van der Waals surface area contributed by atoms with E-state index in [1.807, 2.05) is 6.07 Å². The van der Waals surface area contributed by atoms with Crippen LogP contribution in [0.15, 0.2) is 17.5 Å². The number of nitriles is 1. The van der Waals surface area contributed by atoms with Gasteiger partial charge >= 0.3 is 5.97 Å². The first-order chi connectivity index (χ1) is 6.26. The molecular formula is C9H7NO2S. The number of esters is 1. The first-order valence-corrected chi connectivity index (χ1v) is 4.39. The first kappa shape index (κ1) is 9.49. The normalized spacial score (nSPS) is 9.85. The highest BCUT2D eigenvalue weighted by Gasteiger charge is 1.96. The molecule has 0 aliphatic carbocycles. The van der Waals surface area contributed by atoms with Crippen molar-refractivity contribution < 1.29 is 9.53 Å². The maximum atomic E-state index is 10.7. The maximum Gasteiger partial charge on any atom is 0.330 e. The fourth-order valence-electron chi connectivity index (χ4n) is 0.729. The zero-order chi connectivity index (χ0) is 9.68. The molecule has 0 radical (unpaired) electrons. The molecule has 0 atom stereocenters. The minimum Gasteiger partial charge on any atom is -0.466 e. The largest absolute Gasteiger partial charge is 0.466 e. The summed E-state index contributed by atoms with van der Waals surface area (Å²) in [5, 5.41) is 10.3. The van der Waals surface area contributed by atoms with Crippen LogP contribution in [-0.2, 0) is 9.53 Å². The van der Waals surface area contributed by atoms with Gasteiger partial charge in [0.2, 0.25) is 0 Å². The van der Waals surface area contributed by atoms with Crippen LogP contribution in [0, 0.1) is 11.3 Å². The van der Waals surface area contributed by atoms with Crippen molar-refractivity contribution in [2.45, 2.75) is 0 Å². The zero-order valence-corrected chi connectivity index (χ0v) is 7.80. The molecular weight excluding hydrogens is 186 g/mol. The number of methoxy groups -OCH3 is 1. The summed E-state index contributed by atoms with van der Waals surface area (Å²) in [4.78, 5) is 11.3. The van der Waals surface area contributed by atoms with E-state index in [-0.39, 0.29) is 0 Å². The van der Waals surface area contributed by atoms with E-state index < -0.39 is 5.97 Å². The SMILES string of the molecule is COC(=O)C=Cc1csc(C#N)c1. The highest BCUT2D eigenvalue weighted by molar-refractivity contribution is 7.10. The monoisotopic (exact) mass is 193 g/mol. The molecule has 13 heavy (non-hydrogen) atoms. The summed E-state index contributed by atoms with van der Waals surface area (Å²) in [6.07, 6.45) is 2.94. The van der Waals surface area contributed by atoms with Gasteiger partial charge in [0.15, 0.2) is 0 Å². The van der Waals surface area contributed by atoms with Crippen LogP contribution >= 0.6 is 11.3 Å². The van der Waals surface area contributed by atoms with Gasteiger partial charge in [0, 0.05) is 6.08 Å². The Kier molecular flexibility index (Phi) is 3.23. The Hall–Kier alpha value is -1.60. The molecule has 0 N–H and O–H groups in total. The lowest BCUT2D eigenvalue weighted by Crippen LogP contribution is -1.92. The molecule has 0 aromatic carbocycles. The predicted octanol–water partition coefficient (Wildman–Crippen LogP) is 1.81. The molecule has 3 nitrogen and oxygen atoms in total. The molecule has 66 valence electrons. The Morgan fingerprint density at radius 3 is 3.08 bits per heavy atom. The summed E-state index contributed by atoms with van der Waals surface area (Å²) < 4.78 is 4.42. The van der Waals surface area contributed by atoms with E-state index in [1.165, 1.54) is 24.5 Å². The molecule has 1 rings (SSSR count). The zero-order valence-electron chi connectivity index (χ0n) is 6.98. The van der Waals surface area contributed by atoms with Crippen molar-refractivity contribution in [2.24, 2.45) is 0 Å². The fourth-order valence-corrected chi connectivity index (χ4v) is 1.40. The van der Waals surface area contributed by atoms with E-state index in [2.05, 4.69) is 4.74 Å². The lowest BCUT2D eigenvalue weighted by Gasteiger charge is -1.87. The molecule has 0 aliphatic rings. The molecule has 1 heterocycles. The van der Waals surface area contributed by atoms with Crippen molar-refractivity contribution in [1.29, 1.82) is 5.26 Å². The van der Waals surface area contributed by atoms with E-state index in [0.29, 0.717) is 4.88 Å². The molecule has 0 spiro atoms. The molecule has 0 amide bonds. The van der Waals surface area contributed by atoms with Crippen molar-refractivity contribution in [2.75, 3.05) is 7.11 Å². The van der Waals surface area contributed by atoms with Gasteiger partial charge in [-0.3, -0.25) is 0 Å². The number of thiophene rings is 1. The van der Waals surface area contributed by atoms with E-state index in [9.17, 15) is 4.79 Å². The minimum atomic E-state index is -0.398. The summed E-state index contributed by atoms with van der Waals surface area (Å²) in [6, 6.07) is 3.73. The van der Waals surface area contributed by atoms with Gasteiger partial charge in [0.1, 0.15) is 10.9 Å². The van der Waals surface area contributed by atoms with Crippen LogP contribution in [0.3, 0.4) is 0 Å². The number of carbonyl (C=O) groups is 1. The highest BCUT2D eigenvalue weighted by atomic mass is 32.1. The fraction of sp³-hybridized carbons (Fsp3) is 0.111. The standard InChI is InChI=1S/C9H7NO2S/c1-12-9(11)3-2-7-4-8(5-10)13-6-7/h2-4,6H,1H3. The van der Waals surface area contributed by atoms with Crippen molar-refractivity contribution in [3.05, 3.63) is 28.0 Å². The maximum absolute atomic E-state index is 10.7. The number of ether oxygens (including phenoxy) is 1. The van der Waals surface area contributed by atoms with E-state index in [0.717, 1.165) is 5.56 Å². The summed E-state index contributed by atoms with van der Waals surface area (Å²) in [7, 11) is 1.32. The number of rotatable bonds is 2. The third kappa shape index (κ3) is 2.73. The van der Waals surface area contributed by atoms with Crippen molar-refractivity contribution in [1.82, 2.24) is 0 Å². The second kappa shape index (κ2) is 4.43. The number of hydrogen-bond donors (Lipinski definition) is 0. The van der Waals surface area contributed by atoms with E-state index in [1.54, 1.807) is 17.5 Å². The van der Waals surface area contributed by atoms with Gasteiger partial charge in [-0.2, -0.15) is 5.26 Å². The van der Waals surface area contributed by atoms with Crippen molar-refractivity contribution >= 4 is 23.4 Å². The third-order valence-electron chi connectivity index (χ3n) is 1.34. The van der Waals surface area contributed by atoms with Crippen LogP contribution in [-0.4, -0.2) is 13.1 Å². The molecule has 0 aliphatic heterocycles. The molecule has 0 saturated heterocycles. The van der Waals surface area contributed by atoms with Crippen molar-refractivity contribution in [3.63, 3.8) is 0 Å². The molecule has 0 bridgehead atoms. The molecule has 0 unspecified atom stereocenters. The number of hydrogen-bond acceptors (Lipinski definition) is 4. The van der Waals surface area contributed by atoms with Gasteiger partial charge in [0.05, 0.1) is 7.11 Å². The van der Waals surface area contributed by atoms with Crippen LogP contribution < -0.4 is 0 Å². The molecule has 0 saturated carbocycles. The molecule has 4 heteroatoms. The number of nitrogens with zero attached hydrogens (tertiary/aromatic N) is 1. The topological polar surface area (TPSA) is 50.1 Å². The lowest BCUT2D eigenvalue weighted by atomic mass is 10.3. The first-order valence-electron chi connectivity index (χ1n) is 3.51. The summed E-state index contributed by atoms with van der Waals surface area (Å²) in [5.74, 6) is -0.398. The van der Waals surface area contributed by atoms with E-state index >= 15 is 0 Å². The Labute approximate surface area is 79.9 Å². The van der Waals surface area contributed by atoms with Crippen LogP contribution in [0.2, 0.25) is 0 Å². The van der Waals surface area contributed by atoms with Gasteiger partial charge < -0.3 is 4.74 Å². The lowest BCUT2D eigenvalue weighted by molar-refractivity contribution is -0.134. The van der Waals surface area contributed by atoms with Crippen LogP contribution in [0.25, 0.3) is 6.08 Å². The van der Waals surface area contributed by atoms with Crippen molar-refractivity contribution in [3.8, 4) is 6.07 Å². The second-order valence-electron chi connectivity index (χ2n) is 2.21. The summed E-state index contributed by atoms with van der Waals surface area (Å²) in [6.45, 7) is 0. The summed E-state index contributed by atoms with van der Waals surface area (Å²) in [5.41, 5.74) is 0.840. The predicted molar refractivity (Wildman–Crippen MR) is 50.1 cm³/mol. The van der Waals surface area contributed by atoms with Gasteiger partial charge in [0.25, 0.3) is 0 Å². The average molecular weight is 193 g/mol. The Bertz CT molecular complexity index is 373. The van der Waals surface area contributed by atoms with Crippen LogP contribution in [0.1, 0.15) is 10.4 Å². The Balaban J connectivity index is 2.70. The van der Waals surface area contributed by atoms with Gasteiger partial charge in [-0.15, -0.1) is 11.3 Å².